The SMILES string of the molecule is Cc1cc2c(N3CCN(Cc4cn5ccccc5n4)CC3)nccn2n1. The maximum atomic E-state index is 4.71. The van der Waals surface area contributed by atoms with E-state index in [1.807, 2.05) is 48.2 Å². The predicted molar refractivity (Wildman–Crippen MR) is 100 cm³/mol. The van der Waals surface area contributed by atoms with Crippen LogP contribution in [0.1, 0.15) is 11.4 Å². The maximum Gasteiger partial charge on any atom is 0.154 e. The highest BCUT2D eigenvalue weighted by Gasteiger charge is 2.21. The minimum Gasteiger partial charge on any atom is -0.352 e. The molecule has 1 saturated heterocycles. The first-order valence-electron chi connectivity index (χ1n) is 8.97. The Balaban J connectivity index is 1.29. The third kappa shape index (κ3) is 2.70. The Hall–Kier alpha value is -2.93. The van der Waals surface area contributed by atoms with Gasteiger partial charge in [-0.05, 0) is 25.1 Å². The molecular formula is C19H21N7. The molecule has 0 N–H and O–H groups in total. The van der Waals surface area contributed by atoms with Crippen molar-refractivity contribution < 1.29 is 0 Å². The van der Waals surface area contributed by atoms with Gasteiger partial charge in [-0.15, -0.1) is 0 Å². The lowest BCUT2D eigenvalue weighted by atomic mass is 10.2. The molecule has 1 aliphatic rings. The molecule has 0 aromatic carbocycles. The van der Waals surface area contributed by atoms with Crippen molar-refractivity contribution in [2.45, 2.75) is 13.5 Å². The van der Waals surface area contributed by atoms with Crippen LogP contribution in [-0.4, -0.2) is 55.1 Å². The highest BCUT2D eigenvalue weighted by atomic mass is 15.3. The van der Waals surface area contributed by atoms with Crippen LogP contribution in [-0.2, 0) is 6.54 Å². The summed E-state index contributed by atoms with van der Waals surface area (Å²) in [6, 6.07) is 8.20. The van der Waals surface area contributed by atoms with E-state index in [4.69, 9.17) is 4.98 Å². The van der Waals surface area contributed by atoms with E-state index in [0.29, 0.717) is 0 Å². The number of imidazole rings is 1. The first kappa shape index (κ1) is 15.3. The zero-order valence-corrected chi connectivity index (χ0v) is 14.8. The van der Waals surface area contributed by atoms with Crippen molar-refractivity contribution in [1.29, 1.82) is 0 Å². The zero-order valence-electron chi connectivity index (χ0n) is 14.8. The summed E-state index contributed by atoms with van der Waals surface area (Å²) in [6.07, 6.45) is 7.91. The van der Waals surface area contributed by atoms with Gasteiger partial charge in [0.1, 0.15) is 11.2 Å². The van der Waals surface area contributed by atoms with E-state index >= 15 is 0 Å². The molecule has 0 radical (unpaired) electrons. The van der Waals surface area contributed by atoms with E-state index in [-0.39, 0.29) is 0 Å². The Morgan fingerprint density at radius 2 is 1.96 bits per heavy atom. The van der Waals surface area contributed by atoms with E-state index in [0.717, 1.165) is 61.1 Å². The summed E-state index contributed by atoms with van der Waals surface area (Å²) in [5.41, 5.74) is 4.23. The molecular weight excluding hydrogens is 326 g/mol. The molecule has 4 aromatic rings. The van der Waals surface area contributed by atoms with E-state index < -0.39 is 0 Å². The van der Waals surface area contributed by atoms with Crippen molar-refractivity contribution in [3.63, 3.8) is 0 Å². The Bertz CT molecular complexity index is 1020. The quantitative estimate of drug-likeness (QED) is 0.567. The van der Waals surface area contributed by atoms with Crippen LogP contribution in [0.15, 0.2) is 49.1 Å². The van der Waals surface area contributed by atoms with Crippen molar-refractivity contribution >= 4 is 17.0 Å². The molecule has 7 heteroatoms. The molecule has 26 heavy (non-hydrogen) atoms. The van der Waals surface area contributed by atoms with Gasteiger partial charge in [0.2, 0.25) is 0 Å². The Labute approximate surface area is 151 Å². The first-order chi connectivity index (χ1) is 12.8. The summed E-state index contributed by atoms with van der Waals surface area (Å²) >= 11 is 0. The molecule has 0 spiro atoms. The fraction of sp³-hybridized carbons (Fsp3) is 0.316. The molecule has 5 rings (SSSR count). The van der Waals surface area contributed by atoms with Gasteiger partial charge in [-0.2, -0.15) is 5.10 Å². The van der Waals surface area contributed by atoms with Gasteiger partial charge >= 0.3 is 0 Å². The highest BCUT2D eigenvalue weighted by molar-refractivity contribution is 5.69. The zero-order chi connectivity index (χ0) is 17.5. The molecule has 7 nitrogen and oxygen atoms in total. The van der Waals surface area contributed by atoms with E-state index in [9.17, 15) is 0 Å². The van der Waals surface area contributed by atoms with E-state index in [2.05, 4.69) is 36.5 Å². The first-order valence-corrected chi connectivity index (χ1v) is 8.97. The number of aromatic nitrogens is 5. The lowest BCUT2D eigenvalue weighted by Gasteiger charge is -2.35. The molecule has 5 heterocycles. The summed E-state index contributed by atoms with van der Waals surface area (Å²) < 4.78 is 4.00. The summed E-state index contributed by atoms with van der Waals surface area (Å²) in [5.74, 6) is 1.03. The molecule has 4 aromatic heterocycles. The van der Waals surface area contributed by atoms with Crippen LogP contribution < -0.4 is 4.90 Å². The Kier molecular flexibility index (Phi) is 3.60. The van der Waals surface area contributed by atoms with Crippen molar-refractivity contribution in [2.75, 3.05) is 31.1 Å². The van der Waals surface area contributed by atoms with Crippen LogP contribution in [0.3, 0.4) is 0 Å². The van der Waals surface area contributed by atoms with E-state index in [1.54, 1.807) is 0 Å². The molecule has 0 amide bonds. The minimum absolute atomic E-state index is 0.888. The van der Waals surface area contributed by atoms with Crippen LogP contribution in [0.5, 0.6) is 0 Å². The summed E-state index contributed by atoms with van der Waals surface area (Å²) in [5, 5.41) is 4.49. The maximum absolute atomic E-state index is 4.71. The van der Waals surface area contributed by atoms with Crippen molar-refractivity contribution in [2.24, 2.45) is 0 Å². The molecule has 0 bridgehead atoms. The average molecular weight is 347 g/mol. The number of pyridine rings is 1. The second-order valence-electron chi connectivity index (χ2n) is 6.83. The van der Waals surface area contributed by atoms with E-state index in [1.165, 1.54) is 0 Å². The summed E-state index contributed by atoms with van der Waals surface area (Å²) in [6.45, 7) is 6.84. The Morgan fingerprint density at radius 3 is 2.81 bits per heavy atom. The number of aryl methyl sites for hydroxylation is 1. The monoisotopic (exact) mass is 347 g/mol. The summed E-state index contributed by atoms with van der Waals surface area (Å²) in [7, 11) is 0. The molecule has 1 aliphatic heterocycles. The van der Waals surface area contributed by atoms with Crippen molar-refractivity contribution in [3.8, 4) is 0 Å². The van der Waals surface area contributed by atoms with Crippen LogP contribution >= 0.6 is 0 Å². The van der Waals surface area contributed by atoms with Crippen LogP contribution in [0, 0.1) is 6.92 Å². The number of anilines is 1. The third-order valence-electron chi connectivity index (χ3n) is 4.96. The largest absolute Gasteiger partial charge is 0.352 e. The van der Waals surface area contributed by atoms with Gasteiger partial charge in [-0.25, -0.2) is 14.5 Å². The Morgan fingerprint density at radius 1 is 1.08 bits per heavy atom. The molecule has 0 aliphatic carbocycles. The van der Waals surface area contributed by atoms with Gasteiger partial charge < -0.3 is 9.30 Å². The number of piperazine rings is 1. The van der Waals surface area contributed by atoms with Gasteiger partial charge in [0.25, 0.3) is 0 Å². The minimum atomic E-state index is 0.888. The number of nitrogens with zero attached hydrogens (tertiary/aromatic N) is 7. The second-order valence-corrected chi connectivity index (χ2v) is 6.83. The number of rotatable bonds is 3. The summed E-state index contributed by atoms with van der Waals surface area (Å²) in [4.78, 5) is 14.1. The molecule has 132 valence electrons. The van der Waals surface area contributed by atoms with Crippen LogP contribution in [0.4, 0.5) is 5.82 Å². The molecule has 0 unspecified atom stereocenters. The number of hydrogen-bond acceptors (Lipinski definition) is 5. The smallest absolute Gasteiger partial charge is 0.154 e. The predicted octanol–water partition coefficient (Wildman–Crippen LogP) is 2.01. The van der Waals surface area contributed by atoms with Gasteiger partial charge in [0.15, 0.2) is 5.82 Å². The standard InChI is InChI=1S/C19H21N7/c1-15-12-17-19(20-5-7-26(17)22-15)24-10-8-23(9-11-24)13-16-14-25-6-3-2-4-18(25)21-16/h2-7,12,14H,8-11,13H2,1H3. The van der Waals surface area contributed by atoms with Gasteiger partial charge in [-0.3, -0.25) is 4.90 Å². The average Bonchev–Trinajstić information content (AvgIpc) is 3.23. The lowest BCUT2D eigenvalue weighted by Crippen LogP contribution is -2.46. The fourth-order valence-electron chi connectivity index (χ4n) is 3.68. The van der Waals surface area contributed by atoms with Crippen LogP contribution in [0.2, 0.25) is 0 Å². The van der Waals surface area contributed by atoms with Crippen molar-refractivity contribution in [3.05, 3.63) is 60.4 Å². The van der Waals surface area contributed by atoms with Crippen molar-refractivity contribution in [1.82, 2.24) is 28.9 Å². The molecule has 0 saturated carbocycles. The fourth-order valence-corrected chi connectivity index (χ4v) is 3.68. The van der Waals surface area contributed by atoms with Crippen LogP contribution in [0.25, 0.3) is 11.2 Å². The number of hydrogen-bond donors (Lipinski definition) is 0. The lowest BCUT2D eigenvalue weighted by molar-refractivity contribution is 0.247. The number of fused-ring (bicyclic) bond motifs is 2. The highest BCUT2D eigenvalue weighted by Crippen LogP contribution is 2.21. The normalized spacial score (nSPS) is 16.0. The van der Waals surface area contributed by atoms with Gasteiger partial charge in [-0.1, -0.05) is 6.07 Å². The third-order valence-corrected chi connectivity index (χ3v) is 4.96. The second kappa shape index (κ2) is 6.10. The molecule has 1 fully saturated rings. The topological polar surface area (TPSA) is 54.0 Å². The molecule has 0 atom stereocenters. The van der Waals surface area contributed by atoms with Gasteiger partial charge in [0, 0.05) is 57.5 Å². The van der Waals surface area contributed by atoms with Gasteiger partial charge in [0.05, 0.1) is 11.4 Å².